The van der Waals surface area contributed by atoms with Crippen LogP contribution in [-0.2, 0) is 6.54 Å². The zero-order chi connectivity index (χ0) is 15.5. The summed E-state index contributed by atoms with van der Waals surface area (Å²) in [6.07, 6.45) is 5.05. The van der Waals surface area contributed by atoms with Crippen molar-refractivity contribution in [3.63, 3.8) is 0 Å². The summed E-state index contributed by atoms with van der Waals surface area (Å²) >= 11 is 0. The molecule has 0 unspecified atom stereocenters. The Morgan fingerprint density at radius 3 is 2.64 bits per heavy atom. The normalized spacial score (nSPS) is 10.6. The van der Waals surface area contributed by atoms with E-state index in [2.05, 4.69) is 34.2 Å². The molecule has 0 spiro atoms. The molecule has 2 heterocycles. The highest BCUT2D eigenvalue weighted by Crippen LogP contribution is 2.18. The van der Waals surface area contributed by atoms with Gasteiger partial charge in [-0.1, -0.05) is 29.8 Å². The number of carbonyl (C=O) groups is 1. The molecule has 5 nitrogen and oxygen atoms in total. The Bertz CT molecular complexity index is 807. The van der Waals surface area contributed by atoms with Gasteiger partial charge in [0.15, 0.2) is 5.82 Å². The SMILES string of the molecule is Cc1ccc(Cn2ccnc2-c2cc(C(=O)O)ccn2)cc1. The highest BCUT2D eigenvalue weighted by atomic mass is 16.4. The molecular formula is C17H15N3O2. The van der Waals surface area contributed by atoms with Crippen molar-refractivity contribution in [2.24, 2.45) is 0 Å². The highest BCUT2D eigenvalue weighted by molar-refractivity contribution is 5.88. The molecule has 110 valence electrons. The fourth-order valence-corrected chi connectivity index (χ4v) is 2.25. The maximum absolute atomic E-state index is 11.1. The van der Waals surface area contributed by atoms with Gasteiger partial charge in [-0.25, -0.2) is 9.78 Å². The Balaban J connectivity index is 1.93. The van der Waals surface area contributed by atoms with Crippen LogP contribution in [0.15, 0.2) is 55.0 Å². The van der Waals surface area contributed by atoms with Crippen LogP contribution in [-0.4, -0.2) is 25.6 Å². The van der Waals surface area contributed by atoms with Crippen LogP contribution in [0.2, 0.25) is 0 Å². The Labute approximate surface area is 127 Å². The van der Waals surface area contributed by atoms with E-state index in [1.165, 1.54) is 23.9 Å². The second-order valence-electron chi connectivity index (χ2n) is 5.10. The average molecular weight is 293 g/mol. The molecule has 0 saturated heterocycles. The number of carboxylic acid groups (broad SMARTS) is 1. The summed E-state index contributed by atoms with van der Waals surface area (Å²) in [5.74, 6) is -0.316. The summed E-state index contributed by atoms with van der Waals surface area (Å²) in [5, 5.41) is 9.08. The lowest BCUT2D eigenvalue weighted by atomic mass is 10.1. The first-order valence-corrected chi connectivity index (χ1v) is 6.90. The van der Waals surface area contributed by atoms with E-state index in [0.717, 1.165) is 5.56 Å². The number of rotatable bonds is 4. The summed E-state index contributed by atoms with van der Waals surface area (Å²) in [6, 6.07) is 11.3. The Morgan fingerprint density at radius 1 is 1.14 bits per heavy atom. The Morgan fingerprint density at radius 2 is 1.91 bits per heavy atom. The third-order valence-electron chi connectivity index (χ3n) is 3.42. The van der Waals surface area contributed by atoms with Crippen LogP contribution in [0.5, 0.6) is 0 Å². The number of pyridine rings is 1. The molecule has 0 amide bonds. The number of hydrogen-bond acceptors (Lipinski definition) is 3. The summed E-state index contributed by atoms with van der Waals surface area (Å²) in [5.41, 5.74) is 3.12. The van der Waals surface area contributed by atoms with Gasteiger partial charge in [0, 0.05) is 25.1 Å². The summed E-state index contributed by atoms with van der Waals surface area (Å²) in [6.45, 7) is 2.71. The van der Waals surface area contributed by atoms with Crippen molar-refractivity contribution in [2.75, 3.05) is 0 Å². The third-order valence-corrected chi connectivity index (χ3v) is 3.42. The molecule has 5 heteroatoms. The van der Waals surface area contributed by atoms with Crippen molar-refractivity contribution in [1.82, 2.24) is 14.5 Å². The summed E-state index contributed by atoms with van der Waals surface area (Å²) < 4.78 is 1.96. The Hall–Kier alpha value is -2.95. The molecule has 0 aliphatic heterocycles. The zero-order valence-corrected chi connectivity index (χ0v) is 12.1. The fraction of sp³-hybridized carbons (Fsp3) is 0.118. The summed E-state index contributed by atoms with van der Waals surface area (Å²) in [7, 11) is 0. The average Bonchev–Trinajstić information content (AvgIpc) is 2.98. The number of aromatic nitrogens is 3. The van der Waals surface area contributed by atoms with Gasteiger partial charge in [-0.3, -0.25) is 4.98 Å². The van der Waals surface area contributed by atoms with Gasteiger partial charge < -0.3 is 9.67 Å². The van der Waals surface area contributed by atoms with Gasteiger partial charge in [0.1, 0.15) is 5.69 Å². The van der Waals surface area contributed by atoms with Gasteiger partial charge in [-0.15, -0.1) is 0 Å². The van der Waals surface area contributed by atoms with E-state index in [-0.39, 0.29) is 5.56 Å². The first-order valence-electron chi connectivity index (χ1n) is 6.90. The van der Waals surface area contributed by atoms with Gasteiger partial charge >= 0.3 is 5.97 Å². The van der Waals surface area contributed by atoms with Crippen LogP contribution in [0.25, 0.3) is 11.5 Å². The molecule has 0 radical (unpaired) electrons. The number of nitrogens with zero attached hydrogens (tertiary/aromatic N) is 3. The minimum absolute atomic E-state index is 0.204. The quantitative estimate of drug-likeness (QED) is 0.803. The van der Waals surface area contributed by atoms with Crippen LogP contribution >= 0.6 is 0 Å². The molecule has 0 atom stereocenters. The van der Waals surface area contributed by atoms with Crippen LogP contribution in [0, 0.1) is 6.92 Å². The van der Waals surface area contributed by atoms with Crippen molar-refractivity contribution in [3.05, 3.63) is 71.7 Å². The van der Waals surface area contributed by atoms with E-state index < -0.39 is 5.97 Å². The minimum atomic E-state index is -0.972. The number of benzene rings is 1. The lowest BCUT2D eigenvalue weighted by molar-refractivity contribution is 0.0697. The van der Waals surface area contributed by atoms with E-state index in [9.17, 15) is 4.79 Å². The lowest BCUT2D eigenvalue weighted by Crippen LogP contribution is -2.03. The second kappa shape index (κ2) is 5.81. The molecule has 3 rings (SSSR count). The monoisotopic (exact) mass is 293 g/mol. The number of hydrogen-bond donors (Lipinski definition) is 1. The molecule has 0 fully saturated rings. The zero-order valence-electron chi connectivity index (χ0n) is 12.1. The van der Waals surface area contributed by atoms with Gasteiger partial charge in [0.05, 0.1) is 5.56 Å². The Kier molecular flexibility index (Phi) is 3.70. The largest absolute Gasteiger partial charge is 0.478 e. The lowest BCUT2D eigenvalue weighted by Gasteiger charge is -2.08. The van der Waals surface area contributed by atoms with Crippen molar-refractivity contribution in [3.8, 4) is 11.5 Å². The molecule has 0 aliphatic carbocycles. The maximum Gasteiger partial charge on any atom is 0.335 e. The molecule has 0 aliphatic rings. The second-order valence-corrected chi connectivity index (χ2v) is 5.10. The van der Waals surface area contributed by atoms with Crippen molar-refractivity contribution in [2.45, 2.75) is 13.5 Å². The van der Waals surface area contributed by atoms with E-state index in [1.807, 2.05) is 17.7 Å². The van der Waals surface area contributed by atoms with E-state index in [0.29, 0.717) is 18.1 Å². The number of carboxylic acids is 1. The van der Waals surface area contributed by atoms with Gasteiger partial charge in [-0.2, -0.15) is 0 Å². The van der Waals surface area contributed by atoms with E-state index in [1.54, 1.807) is 6.20 Å². The number of imidazole rings is 1. The number of aryl methyl sites for hydroxylation is 1. The van der Waals surface area contributed by atoms with Gasteiger partial charge in [0.25, 0.3) is 0 Å². The molecule has 0 bridgehead atoms. The molecular weight excluding hydrogens is 278 g/mol. The summed E-state index contributed by atoms with van der Waals surface area (Å²) in [4.78, 5) is 19.6. The van der Waals surface area contributed by atoms with Crippen LogP contribution in [0.4, 0.5) is 0 Å². The molecule has 22 heavy (non-hydrogen) atoms. The minimum Gasteiger partial charge on any atom is -0.478 e. The first-order chi connectivity index (χ1) is 10.6. The molecule has 0 saturated carbocycles. The van der Waals surface area contributed by atoms with Crippen LogP contribution in [0.3, 0.4) is 0 Å². The topological polar surface area (TPSA) is 68.0 Å². The van der Waals surface area contributed by atoms with Crippen molar-refractivity contribution < 1.29 is 9.90 Å². The van der Waals surface area contributed by atoms with Crippen LogP contribution < -0.4 is 0 Å². The smallest absolute Gasteiger partial charge is 0.335 e. The van der Waals surface area contributed by atoms with Crippen LogP contribution in [0.1, 0.15) is 21.5 Å². The molecule has 2 aromatic heterocycles. The highest BCUT2D eigenvalue weighted by Gasteiger charge is 2.11. The number of aromatic carboxylic acids is 1. The maximum atomic E-state index is 11.1. The van der Waals surface area contributed by atoms with Crippen molar-refractivity contribution >= 4 is 5.97 Å². The molecule has 1 N–H and O–H groups in total. The molecule has 3 aromatic rings. The standard InChI is InChI=1S/C17H15N3O2/c1-12-2-4-13(5-3-12)11-20-9-8-19-16(20)15-10-14(17(21)22)6-7-18-15/h2-10H,11H2,1H3,(H,21,22). The van der Waals surface area contributed by atoms with E-state index >= 15 is 0 Å². The van der Waals surface area contributed by atoms with E-state index in [4.69, 9.17) is 5.11 Å². The first kappa shape index (κ1) is 14.0. The third kappa shape index (κ3) is 2.88. The predicted octanol–water partition coefficient (Wildman–Crippen LogP) is 3.00. The predicted molar refractivity (Wildman–Crippen MR) is 82.7 cm³/mol. The fourth-order valence-electron chi connectivity index (χ4n) is 2.25. The van der Waals surface area contributed by atoms with Crippen molar-refractivity contribution in [1.29, 1.82) is 0 Å². The van der Waals surface area contributed by atoms with Gasteiger partial charge in [-0.05, 0) is 24.6 Å². The van der Waals surface area contributed by atoms with Gasteiger partial charge in [0.2, 0.25) is 0 Å². The molecule has 1 aromatic carbocycles.